The Labute approximate surface area is 176 Å². The van der Waals surface area contributed by atoms with Gasteiger partial charge in [-0.25, -0.2) is 0 Å². The van der Waals surface area contributed by atoms with Crippen LogP contribution in [0.4, 0.5) is 5.69 Å². The van der Waals surface area contributed by atoms with E-state index in [-0.39, 0.29) is 18.4 Å². The van der Waals surface area contributed by atoms with Crippen molar-refractivity contribution in [2.24, 2.45) is 0 Å². The zero-order valence-corrected chi connectivity index (χ0v) is 17.5. The molecule has 9 heteroatoms. The third kappa shape index (κ3) is 7.72. The van der Waals surface area contributed by atoms with Gasteiger partial charge in [-0.3, -0.25) is 14.5 Å². The van der Waals surface area contributed by atoms with E-state index in [2.05, 4.69) is 10.2 Å². The van der Waals surface area contributed by atoms with Gasteiger partial charge >= 0.3 is 5.97 Å². The first-order valence-electron chi connectivity index (χ1n) is 9.96. The van der Waals surface area contributed by atoms with Gasteiger partial charge in [0.1, 0.15) is 5.75 Å². The largest absolute Gasteiger partial charge is 0.493 e. The van der Waals surface area contributed by atoms with E-state index in [0.29, 0.717) is 48.2 Å². The smallest absolute Gasteiger partial charge is 0.303 e. The van der Waals surface area contributed by atoms with E-state index in [1.165, 1.54) is 6.07 Å². The second-order valence-electron chi connectivity index (χ2n) is 7.01. The molecule has 0 saturated carbocycles. The quantitative estimate of drug-likeness (QED) is 0.367. The summed E-state index contributed by atoms with van der Waals surface area (Å²) in [5.41, 5.74) is 6.51. The Morgan fingerprint density at radius 1 is 1.38 bits per heavy atom. The molecular weight excluding hydrogens is 398 g/mol. The van der Waals surface area contributed by atoms with Crippen LogP contribution in [-0.4, -0.2) is 67.4 Å². The molecule has 1 heterocycles. The van der Waals surface area contributed by atoms with E-state index in [4.69, 9.17) is 31.9 Å². The van der Waals surface area contributed by atoms with Gasteiger partial charge < -0.3 is 25.6 Å². The summed E-state index contributed by atoms with van der Waals surface area (Å²) in [6.45, 7) is 5.68. The summed E-state index contributed by atoms with van der Waals surface area (Å²) < 4.78 is 11.3. The highest BCUT2D eigenvalue weighted by molar-refractivity contribution is 6.33. The molecular formula is C20H30ClN3O5. The molecule has 29 heavy (non-hydrogen) atoms. The topological polar surface area (TPSA) is 114 Å². The lowest BCUT2D eigenvalue weighted by molar-refractivity contribution is -0.137. The van der Waals surface area contributed by atoms with Gasteiger partial charge in [-0.2, -0.15) is 0 Å². The van der Waals surface area contributed by atoms with Crippen LogP contribution in [0.25, 0.3) is 0 Å². The van der Waals surface area contributed by atoms with Crippen molar-refractivity contribution in [1.29, 1.82) is 0 Å². The van der Waals surface area contributed by atoms with Crippen molar-refractivity contribution >= 4 is 29.2 Å². The Hall–Kier alpha value is -2.03. The van der Waals surface area contributed by atoms with E-state index < -0.39 is 5.97 Å². The molecule has 0 radical (unpaired) electrons. The van der Waals surface area contributed by atoms with Gasteiger partial charge in [0.2, 0.25) is 0 Å². The van der Waals surface area contributed by atoms with Crippen LogP contribution in [-0.2, 0) is 9.53 Å². The average Bonchev–Trinajstić information content (AvgIpc) is 2.69. The monoisotopic (exact) mass is 427 g/mol. The third-order valence-corrected chi connectivity index (χ3v) is 5.05. The number of morpholine rings is 1. The zero-order valence-electron chi connectivity index (χ0n) is 16.8. The Balaban J connectivity index is 1.81. The molecule has 1 amide bonds. The van der Waals surface area contributed by atoms with Gasteiger partial charge in [0.05, 0.1) is 35.6 Å². The van der Waals surface area contributed by atoms with Crippen molar-refractivity contribution in [3.8, 4) is 5.75 Å². The second-order valence-corrected chi connectivity index (χ2v) is 7.42. The number of carbonyl (C=O) groups excluding carboxylic acids is 1. The van der Waals surface area contributed by atoms with Crippen molar-refractivity contribution in [1.82, 2.24) is 10.2 Å². The molecule has 0 bridgehead atoms. The van der Waals surface area contributed by atoms with Crippen LogP contribution >= 0.6 is 11.6 Å². The molecule has 0 spiro atoms. The fourth-order valence-electron chi connectivity index (χ4n) is 3.22. The maximum Gasteiger partial charge on any atom is 0.303 e. The van der Waals surface area contributed by atoms with Crippen molar-refractivity contribution in [2.75, 3.05) is 45.1 Å². The van der Waals surface area contributed by atoms with Crippen LogP contribution < -0.4 is 15.8 Å². The Morgan fingerprint density at radius 2 is 2.17 bits per heavy atom. The molecule has 1 fully saturated rings. The number of amides is 1. The van der Waals surface area contributed by atoms with E-state index in [1.807, 2.05) is 6.92 Å². The lowest BCUT2D eigenvalue weighted by atomic mass is 10.1. The number of nitrogens with zero attached hydrogens (tertiary/aromatic N) is 1. The van der Waals surface area contributed by atoms with Crippen LogP contribution in [0.2, 0.25) is 5.02 Å². The number of rotatable bonds is 11. The lowest BCUT2D eigenvalue weighted by Gasteiger charge is -2.33. The first kappa shape index (κ1) is 23.3. The summed E-state index contributed by atoms with van der Waals surface area (Å²) in [5.74, 6) is -0.633. The van der Waals surface area contributed by atoms with Crippen LogP contribution in [0.5, 0.6) is 5.75 Å². The first-order valence-corrected chi connectivity index (χ1v) is 10.3. The molecule has 0 aromatic heterocycles. The minimum absolute atomic E-state index is 0.105. The number of hydrogen-bond donors (Lipinski definition) is 3. The molecule has 4 N–H and O–H groups in total. The number of nitrogens with one attached hydrogen (secondary N) is 1. The van der Waals surface area contributed by atoms with E-state index in [9.17, 15) is 9.59 Å². The minimum Gasteiger partial charge on any atom is -0.493 e. The number of carboxylic acids is 1. The molecule has 8 nitrogen and oxygen atoms in total. The number of hydrogen-bond acceptors (Lipinski definition) is 6. The minimum atomic E-state index is -0.748. The van der Waals surface area contributed by atoms with Crippen molar-refractivity contribution in [3.05, 3.63) is 22.7 Å². The lowest BCUT2D eigenvalue weighted by Crippen LogP contribution is -2.47. The van der Waals surface area contributed by atoms with Crippen LogP contribution in [0.15, 0.2) is 12.1 Å². The third-order valence-electron chi connectivity index (χ3n) is 4.72. The molecule has 2 rings (SSSR count). The van der Waals surface area contributed by atoms with Crippen molar-refractivity contribution in [2.45, 2.75) is 38.7 Å². The summed E-state index contributed by atoms with van der Waals surface area (Å²) in [7, 11) is 0. The first-order chi connectivity index (χ1) is 13.9. The number of nitrogens with two attached hydrogens (primary N) is 1. The number of ether oxygens (including phenoxy) is 2. The van der Waals surface area contributed by atoms with Crippen LogP contribution in [0.3, 0.4) is 0 Å². The van der Waals surface area contributed by atoms with Crippen LogP contribution in [0.1, 0.15) is 43.0 Å². The SMILES string of the molecule is CCOc1cc(N)c(Cl)cc1C(=O)NCC1CN(CCCCCC(=O)O)CCO1. The van der Waals surface area contributed by atoms with Gasteiger partial charge in [-0.1, -0.05) is 18.0 Å². The van der Waals surface area contributed by atoms with E-state index >= 15 is 0 Å². The Morgan fingerprint density at radius 3 is 2.90 bits per heavy atom. The fourth-order valence-corrected chi connectivity index (χ4v) is 3.38. The molecule has 1 aliphatic heterocycles. The highest BCUT2D eigenvalue weighted by Crippen LogP contribution is 2.29. The highest BCUT2D eigenvalue weighted by Gasteiger charge is 2.22. The Bertz CT molecular complexity index is 701. The summed E-state index contributed by atoms with van der Waals surface area (Å²) in [6.07, 6.45) is 2.66. The van der Waals surface area contributed by atoms with Gasteiger partial charge in [-0.05, 0) is 32.4 Å². The van der Waals surface area contributed by atoms with Gasteiger partial charge in [0.25, 0.3) is 5.91 Å². The molecule has 1 atom stereocenters. The molecule has 0 aliphatic carbocycles. The number of benzene rings is 1. The number of anilines is 1. The van der Waals surface area contributed by atoms with Crippen LogP contribution in [0, 0.1) is 0 Å². The predicted molar refractivity (Wildman–Crippen MR) is 112 cm³/mol. The molecule has 1 saturated heterocycles. The van der Waals surface area contributed by atoms with Crippen molar-refractivity contribution in [3.63, 3.8) is 0 Å². The number of nitrogen functional groups attached to an aromatic ring is 1. The maximum atomic E-state index is 12.6. The Kier molecular flexibility index (Phi) is 9.50. The number of halogens is 1. The summed E-state index contributed by atoms with van der Waals surface area (Å²) in [6, 6.07) is 3.08. The summed E-state index contributed by atoms with van der Waals surface area (Å²) >= 11 is 6.06. The standard InChI is InChI=1S/C20H30ClN3O5/c1-2-28-18-11-17(22)16(21)10-15(18)20(27)23-12-14-13-24(8-9-29-14)7-5-3-4-6-19(25)26/h10-11,14H,2-9,12-13,22H2,1H3,(H,23,27)(H,25,26). The summed E-state index contributed by atoms with van der Waals surface area (Å²) in [4.78, 5) is 25.5. The van der Waals surface area contributed by atoms with Gasteiger partial charge in [0.15, 0.2) is 0 Å². The fraction of sp³-hybridized carbons (Fsp3) is 0.600. The molecule has 162 valence electrons. The number of carbonyl (C=O) groups is 2. The molecule has 1 aliphatic rings. The number of carboxylic acid groups (broad SMARTS) is 1. The van der Waals surface area contributed by atoms with Gasteiger partial charge in [0, 0.05) is 32.1 Å². The van der Waals surface area contributed by atoms with E-state index in [1.54, 1.807) is 6.07 Å². The van der Waals surface area contributed by atoms with Gasteiger partial charge in [-0.15, -0.1) is 0 Å². The maximum absolute atomic E-state index is 12.6. The average molecular weight is 428 g/mol. The highest BCUT2D eigenvalue weighted by atomic mass is 35.5. The number of aliphatic carboxylic acids is 1. The zero-order chi connectivity index (χ0) is 21.2. The molecule has 1 aromatic rings. The number of unbranched alkanes of at least 4 members (excludes halogenated alkanes) is 2. The second kappa shape index (κ2) is 11.8. The molecule has 1 unspecified atom stereocenters. The normalized spacial score (nSPS) is 17.1. The predicted octanol–water partition coefficient (Wildman–Crippen LogP) is 2.40. The van der Waals surface area contributed by atoms with Crippen molar-refractivity contribution < 1.29 is 24.2 Å². The van der Waals surface area contributed by atoms with E-state index in [0.717, 1.165) is 32.5 Å². The molecule has 1 aromatic carbocycles. The summed E-state index contributed by atoms with van der Waals surface area (Å²) in [5, 5.41) is 11.9.